The van der Waals surface area contributed by atoms with Gasteiger partial charge in [0.2, 0.25) is 5.88 Å². The predicted octanol–water partition coefficient (Wildman–Crippen LogP) is 1.03. The maximum atomic E-state index is 5.27. The summed E-state index contributed by atoms with van der Waals surface area (Å²) in [6.45, 7) is 4.67. The van der Waals surface area contributed by atoms with Crippen molar-refractivity contribution in [2.24, 2.45) is 0 Å². The largest absolute Gasteiger partial charge is 0.477 e. The van der Waals surface area contributed by atoms with E-state index in [0.29, 0.717) is 18.5 Å². The van der Waals surface area contributed by atoms with Crippen LogP contribution in [0.5, 0.6) is 5.88 Å². The molecule has 0 fully saturated rings. The third kappa shape index (κ3) is 3.30. The van der Waals surface area contributed by atoms with Gasteiger partial charge in [0.25, 0.3) is 0 Å². The Morgan fingerprint density at radius 3 is 2.93 bits per heavy atom. The van der Waals surface area contributed by atoms with Crippen molar-refractivity contribution in [2.45, 2.75) is 26.3 Å². The molecule has 1 atom stereocenters. The van der Waals surface area contributed by atoms with Gasteiger partial charge in [-0.1, -0.05) is 0 Å². The summed E-state index contributed by atoms with van der Waals surface area (Å²) in [5, 5.41) is 3.16. The first-order valence-corrected chi connectivity index (χ1v) is 4.87. The molecule has 0 aliphatic carbocycles. The van der Waals surface area contributed by atoms with Crippen molar-refractivity contribution in [3.05, 3.63) is 18.1 Å². The van der Waals surface area contributed by atoms with E-state index >= 15 is 0 Å². The summed E-state index contributed by atoms with van der Waals surface area (Å²) in [6, 6.07) is 0.404. The zero-order chi connectivity index (χ0) is 10.4. The fourth-order valence-corrected chi connectivity index (χ4v) is 1.12. The Kier molecular flexibility index (Phi) is 4.32. The SMILES string of the molecule is CCOc1cncc(CC(C)NC)n1. The van der Waals surface area contributed by atoms with Crippen LogP contribution in [0.1, 0.15) is 19.5 Å². The molecule has 0 spiro atoms. The van der Waals surface area contributed by atoms with E-state index in [1.807, 2.05) is 14.0 Å². The maximum Gasteiger partial charge on any atom is 0.232 e. The number of nitrogens with zero attached hydrogens (tertiary/aromatic N) is 2. The van der Waals surface area contributed by atoms with Gasteiger partial charge >= 0.3 is 0 Å². The number of hydrogen-bond acceptors (Lipinski definition) is 4. The molecule has 1 aromatic rings. The summed E-state index contributed by atoms with van der Waals surface area (Å²) < 4.78 is 5.27. The zero-order valence-corrected chi connectivity index (χ0v) is 8.95. The van der Waals surface area contributed by atoms with E-state index < -0.39 is 0 Å². The molecule has 0 aliphatic heterocycles. The molecular formula is C10H17N3O. The number of hydrogen-bond donors (Lipinski definition) is 1. The van der Waals surface area contributed by atoms with Crippen LogP contribution in [0.3, 0.4) is 0 Å². The molecular weight excluding hydrogens is 178 g/mol. The van der Waals surface area contributed by atoms with Crippen LogP contribution in [0.2, 0.25) is 0 Å². The molecule has 14 heavy (non-hydrogen) atoms. The van der Waals surface area contributed by atoms with Gasteiger partial charge in [0.15, 0.2) is 0 Å². The highest BCUT2D eigenvalue weighted by atomic mass is 16.5. The fourth-order valence-electron chi connectivity index (χ4n) is 1.12. The second-order valence-electron chi connectivity index (χ2n) is 3.18. The van der Waals surface area contributed by atoms with Crippen LogP contribution in [0.4, 0.5) is 0 Å². The molecule has 0 saturated carbocycles. The molecule has 0 aromatic carbocycles. The topological polar surface area (TPSA) is 47.0 Å². The highest BCUT2D eigenvalue weighted by Crippen LogP contribution is 2.06. The van der Waals surface area contributed by atoms with Crippen LogP contribution in [-0.4, -0.2) is 29.7 Å². The van der Waals surface area contributed by atoms with Crippen LogP contribution in [0.25, 0.3) is 0 Å². The first-order chi connectivity index (χ1) is 6.76. The van der Waals surface area contributed by atoms with Crippen molar-refractivity contribution in [3.63, 3.8) is 0 Å². The van der Waals surface area contributed by atoms with Crippen LogP contribution in [-0.2, 0) is 6.42 Å². The van der Waals surface area contributed by atoms with Crippen LogP contribution in [0.15, 0.2) is 12.4 Å². The van der Waals surface area contributed by atoms with E-state index in [-0.39, 0.29) is 0 Å². The van der Waals surface area contributed by atoms with Gasteiger partial charge in [0.1, 0.15) is 0 Å². The lowest BCUT2D eigenvalue weighted by Gasteiger charge is -2.09. The normalized spacial score (nSPS) is 12.5. The van der Waals surface area contributed by atoms with Crippen molar-refractivity contribution < 1.29 is 4.74 Å². The minimum atomic E-state index is 0.404. The van der Waals surface area contributed by atoms with Crippen LogP contribution < -0.4 is 10.1 Å². The van der Waals surface area contributed by atoms with Gasteiger partial charge in [0, 0.05) is 18.7 Å². The van der Waals surface area contributed by atoms with E-state index in [2.05, 4.69) is 22.2 Å². The number of aromatic nitrogens is 2. The Morgan fingerprint density at radius 2 is 2.29 bits per heavy atom. The van der Waals surface area contributed by atoms with Crippen LogP contribution >= 0.6 is 0 Å². The average molecular weight is 195 g/mol. The van der Waals surface area contributed by atoms with Crippen molar-refractivity contribution in [1.29, 1.82) is 0 Å². The summed E-state index contributed by atoms with van der Waals surface area (Å²) in [6.07, 6.45) is 4.28. The fraction of sp³-hybridized carbons (Fsp3) is 0.600. The van der Waals surface area contributed by atoms with E-state index in [9.17, 15) is 0 Å². The predicted molar refractivity (Wildman–Crippen MR) is 55.4 cm³/mol. The second-order valence-corrected chi connectivity index (χ2v) is 3.18. The maximum absolute atomic E-state index is 5.27. The van der Waals surface area contributed by atoms with Crippen molar-refractivity contribution >= 4 is 0 Å². The Hall–Kier alpha value is -1.16. The van der Waals surface area contributed by atoms with E-state index in [1.165, 1.54) is 0 Å². The Morgan fingerprint density at radius 1 is 1.50 bits per heavy atom. The smallest absolute Gasteiger partial charge is 0.232 e. The second kappa shape index (κ2) is 5.54. The monoisotopic (exact) mass is 195 g/mol. The molecule has 1 rings (SSSR count). The van der Waals surface area contributed by atoms with Gasteiger partial charge in [-0.3, -0.25) is 4.98 Å². The first-order valence-electron chi connectivity index (χ1n) is 4.87. The highest BCUT2D eigenvalue weighted by Gasteiger charge is 2.03. The molecule has 1 heterocycles. The standard InChI is InChI=1S/C10H17N3O/c1-4-14-10-7-12-6-9(13-10)5-8(2)11-3/h6-8,11H,4-5H2,1-3H3. The van der Waals surface area contributed by atoms with Crippen molar-refractivity contribution in [1.82, 2.24) is 15.3 Å². The van der Waals surface area contributed by atoms with Gasteiger partial charge in [-0.2, -0.15) is 0 Å². The molecule has 1 unspecified atom stereocenters. The molecule has 4 nitrogen and oxygen atoms in total. The lowest BCUT2D eigenvalue weighted by atomic mass is 10.2. The first kappa shape index (κ1) is 10.9. The summed E-state index contributed by atoms with van der Waals surface area (Å²) in [5.41, 5.74) is 0.956. The minimum absolute atomic E-state index is 0.404. The summed E-state index contributed by atoms with van der Waals surface area (Å²) in [5.74, 6) is 0.605. The summed E-state index contributed by atoms with van der Waals surface area (Å²) >= 11 is 0. The lowest BCUT2D eigenvalue weighted by molar-refractivity contribution is 0.323. The Balaban J connectivity index is 2.63. The number of rotatable bonds is 5. The van der Waals surface area contributed by atoms with E-state index in [1.54, 1.807) is 12.4 Å². The third-order valence-corrected chi connectivity index (χ3v) is 1.96. The molecule has 4 heteroatoms. The molecule has 1 aromatic heterocycles. The zero-order valence-electron chi connectivity index (χ0n) is 8.95. The number of nitrogens with one attached hydrogen (secondary N) is 1. The molecule has 78 valence electrons. The molecule has 0 radical (unpaired) electrons. The van der Waals surface area contributed by atoms with Gasteiger partial charge in [0.05, 0.1) is 18.5 Å². The molecule has 0 saturated heterocycles. The summed E-state index contributed by atoms with van der Waals surface area (Å²) in [4.78, 5) is 8.40. The van der Waals surface area contributed by atoms with Gasteiger partial charge in [-0.05, 0) is 20.9 Å². The Labute approximate surface area is 84.7 Å². The molecule has 0 aliphatic rings. The summed E-state index contributed by atoms with van der Waals surface area (Å²) in [7, 11) is 1.94. The van der Waals surface area contributed by atoms with Crippen molar-refractivity contribution in [2.75, 3.05) is 13.7 Å². The quantitative estimate of drug-likeness (QED) is 0.762. The average Bonchev–Trinajstić information content (AvgIpc) is 2.19. The minimum Gasteiger partial charge on any atom is -0.477 e. The van der Waals surface area contributed by atoms with Gasteiger partial charge < -0.3 is 10.1 Å². The lowest BCUT2D eigenvalue weighted by Crippen LogP contribution is -2.24. The van der Waals surface area contributed by atoms with Gasteiger partial charge in [-0.25, -0.2) is 4.98 Å². The number of likely N-dealkylation sites (N-methyl/N-ethyl adjacent to an activating group) is 1. The molecule has 1 N–H and O–H groups in total. The van der Waals surface area contributed by atoms with Crippen LogP contribution in [0, 0.1) is 0 Å². The van der Waals surface area contributed by atoms with E-state index in [4.69, 9.17) is 4.74 Å². The van der Waals surface area contributed by atoms with Gasteiger partial charge in [-0.15, -0.1) is 0 Å². The number of ether oxygens (including phenoxy) is 1. The molecule has 0 bridgehead atoms. The highest BCUT2D eigenvalue weighted by molar-refractivity contribution is 5.09. The van der Waals surface area contributed by atoms with E-state index in [0.717, 1.165) is 12.1 Å². The molecule has 0 amide bonds. The third-order valence-electron chi connectivity index (χ3n) is 1.96. The Bertz CT molecular complexity index is 278. The van der Waals surface area contributed by atoms with Crippen molar-refractivity contribution in [3.8, 4) is 5.88 Å².